The fraction of sp³-hybridized carbons (Fsp3) is 0.455. The van der Waals surface area contributed by atoms with E-state index in [-0.39, 0.29) is 24.5 Å². The zero-order valence-corrected chi connectivity index (χ0v) is 11.8. The maximum Gasteiger partial charge on any atom is 0.433 e. The van der Waals surface area contributed by atoms with Crippen LogP contribution < -0.4 is 5.32 Å². The van der Waals surface area contributed by atoms with Gasteiger partial charge in [-0.3, -0.25) is 9.36 Å². The molecule has 0 radical (unpaired) electrons. The first-order valence-electron chi connectivity index (χ1n) is 5.64. The minimum absolute atomic E-state index is 0. The maximum absolute atomic E-state index is 12.8. The highest BCUT2D eigenvalue weighted by atomic mass is 35.5. The minimum Gasteiger partial charge on any atom is -0.308 e. The highest BCUT2D eigenvalue weighted by Gasteiger charge is 2.36. The van der Waals surface area contributed by atoms with E-state index >= 15 is 0 Å². The van der Waals surface area contributed by atoms with Crippen LogP contribution in [0.25, 0.3) is 0 Å². The molecule has 20 heavy (non-hydrogen) atoms. The van der Waals surface area contributed by atoms with Gasteiger partial charge in [-0.25, -0.2) is 0 Å². The number of alkyl halides is 3. The molecule has 2 heterocycles. The summed E-state index contributed by atoms with van der Waals surface area (Å²) < 4.78 is 40.9. The molecular weight excluding hydrogens is 295 g/mol. The van der Waals surface area contributed by atoms with Gasteiger partial charge >= 0.3 is 6.18 Å². The Morgan fingerprint density at radius 2 is 1.85 bits per heavy atom. The van der Waals surface area contributed by atoms with Crippen LogP contribution in [0.1, 0.15) is 16.8 Å². The van der Waals surface area contributed by atoms with Crippen molar-refractivity contribution in [3.05, 3.63) is 35.4 Å². The first kappa shape index (κ1) is 16.5. The zero-order valence-electron chi connectivity index (χ0n) is 11.0. The summed E-state index contributed by atoms with van der Waals surface area (Å²) in [5.41, 5.74) is 0.338. The molecule has 0 fully saturated rings. The van der Waals surface area contributed by atoms with Crippen LogP contribution in [0, 0.1) is 0 Å². The summed E-state index contributed by atoms with van der Waals surface area (Å²) in [5, 5.41) is 10.6. The number of halogens is 4. The molecular formula is C11H15ClF3N5. The molecule has 0 aromatic carbocycles. The van der Waals surface area contributed by atoms with Gasteiger partial charge in [0.1, 0.15) is 5.69 Å². The van der Waals surface area contributed by atoms with Crippen molar-refractivity contribution in [2.75, 3.05) is 0 Å². The van der Waals surface area contributed by atoms with Crippen molar-refractivity contribution < 1.29 is 13.2 Å². The van der Waals surface area contributed by atoms with Crippen LogP contribution in [0.5, 0.6) is 0 Å². The lowest BCUT2D eigenvalue weighted by atomic mass is 10.2. The van der Waals surface area contributed by atoms with E-state index in [1.807, 2.05) is 0 Å². The number of rotatable bonds is 4. The van der Waals surface area contributed by atoms with E-state index in [4.69, 9.17) is 0 Å². The van der Waals surface area contributed by atoms with Crippen LogP contribution in [0.2, 0.25) is 0 Å². The molecule has 0 saturated carbocycles. The molecule has 0 amide bonds. The lowest BCUT2D eigenvalue weighted by Gasteiger charge is -2.10. The summed E-state index contributed by atoms with van der Waals surface area (Å²) in [4.78, 5) is 0. The first-order valence-corrected chi connectivity index (χ1v) is 5.64. The van der Waals surface area contributed by atoms with Crippen LogP contribution in [0.3, 0.4) is 0 Å². The predicted molar refractivity (Wildman–Crippen MR) is 69.2 cm³/mol. The van der Waals surface area contributed by atoms with Crippen LogP contribution in [0.4, 0.5) is 13.2 Å². The number of aromatic nitrogens is 4. The van der Waals surface area contributed by atoms with Crippen molar-refractivity contribution in [1.29, 1.82) is 0 Å². The van der Waals surface area contributed by atoms with Gasteiger partial charge < -0.3 is 5.32 Å². The Labute approximate surface area is 120 Å². The van der Waals surface area contributed by atoms with Crippen LogP contribution in [0.15, 0.2) is 18.6 Å². The van der Waals surface area contributed by atoms with E-state index < -0.39 is 11.9 Å². The largest absolute Gasteiger partial charge is 0.433 e. The molecule has 9 heteroatoms. The van der Waals surface area contributed by atoms with Gasteiger partial charge in [0.25, 0.3) is 0 Å². The topological polar surface area (TPSA) is 47.7 Å². The predicted octanol–water partition coefficient (Wildman–Crippen LogP) is 1.88. The molecule has 2 aromatic rings. The quantitative estimate of drug-likeness (QED) is 0.938. The first-order chi connectivity index (χ1) is 8.88. The number of nitrogens with zero attached hydrogens (tertiary/aromatic N) is 4. The average Bonchev–Trinajstić information content (AvgIpc) is 2.85. The Morgan fingerprint density at radius 1 is 1.15 bits per heavy atom. The van der Waals surface area contributed by atoms with E-state index in [0.29, 0.717) is 6.54 Å². The molecule has 0 saturated heterocycles. The van der Waals surface area contributed by atoms with Gasteiger partial charge in [-0.05, 0) is 0 Å². The van der Waals surface area contributed by atoms with E-state index in [0.717, 1.165) is 10.2 Å². The van der Waals surface area contributed by atoms with Crippen LogP contribution in [-0.4, -0.2) is 19.6 Å². The minimum atomic E-state index is -4.39. The van der Waals surface area contributed by atoms with E-state index in [9.17, 15) is 13.2 Å². The van der Waals surface area contributed by atoms with Gasteiger partial charge in [-0.1, -0.05) is 0 Å². The van der Waals surface area contributed by atoms with Gasteiger partial charge in [-0.15, -0.1) is 12.4 Å². The third kappa shape index (κ3) is 3.73. The second-order valence-corrected chi connectivity index (χ2v) is 4.27. The molecule has 2 rings (SSSR count). The fourth-order valence-corrected chi connectivity index (χ4v) is 1.88. The van der Waals surface area contributed by atoms with Crippen LogP contribution >= 0.6 is 12.4 Å². The van der Waals surface area contributed by atoms with Crippen molar-refractivity contribution >= 4 is 12.4 Å². The summed E-state index contributed by atoms with van der Waals surface area (Å²) in [6.45, 7) is 0.567. The molecule has 112 valence electrons. The number of nitrogens with one attached hydrogen (secondary N) is 1. The molecule has 0 unspecified atom stereocenters. The monoisotopic (exact) mass is 309 g/mol. The maximum atomic E-state index is 12.8. The number of aryl methyl sites for hydroxylation is 2. The van der Waals surface area contributed by atoms with Crippen molar-refractivity contribution in [2.24, 2.45) is 14.1 Å². The van der Waals surface area contributed by atoms with E-state index in [2.05, 4.69) is 15.5 Å². The highest BCUT2D eigenvalue weighted by Crippen LogP contribution is 2.31. The van der Waals surface area contributed by atoms with Gasteiger partial charge in [0.2, 0.25) is 0 Å². The Hall–Kier alpha value is -1.54. The molecule has 0 bridgehead atoms. The van der Waals surface area contributed by atoms with Crippen molar-refractivity contribution in [3.63, 3.8) is 0 Å². The fourth-order valence-electron chi connectivity index (χ4n) is 1.88. The molecule has 0 aliphatic heterocycles. The second kappa shape index (κ2) is 6.27. The van der Waals surface area contributed by atoms with Crippen molar-refractivity contribution in [3.8, 4) is 0 Å². The molecule has 0 spiro atoms. The SMILES string of the molecule is Cl.Cn1cc(CNCc2cnn(C)c2C(F)(F)F)cn1. The number of hydrogen-bond donors (Lipinski definition) is 1. The third-order valence-corrected chi connectivity index (χ3v) is 2.69. The zero-order chi connectivity index (χ0) is 14.0. The summed E-state index contributed by atoms with van der Waals surface area (Å²) >= 11 is 0. The van der Waals surface area contributed by atoms with Gasteiger partial charge in [0, 0.05) is 44.5 Å². The smallest absolute Gasteiger partial charge is 0.308 e. The van der Waals surface area contributed by atoms with Gasteiger partial charge in [0.05, 0.1) is 12.4 Å². The average molecular weight is 310 g/mol. The number of hydrogen-bond acceptors (Lipinski definition) is 3. The summed E-state index contributed by atoms with van der Waals surface area (Å²) in [6.07, 6.45) is 0.317. The Balaban J connectivity index is 0.00000200. The van der Waals surface area contributed by atoms with Crippen LogP contribution in [-0.2, 0) is 33.4 Å². The Bertz CT molecular complexity index is 561. The molecule has 2 aromatic heterocycles. The molecule has 0 aliphatic carbocycles. The Kier molecular flexibility index (Phi) is 5.18. The van der Waals surface area contributed by atoms with Gasteiger partial charge in [-0.2, -0.15) is 23.4 Å². The lowest BCUT2D eigenvalue weighted by molar-refractivity contribution is -0.144. The van der Waals surface area contributed by atoms with Crippen molar-refractivity contribution in [2.45, 2.75) is 19.3 Å². The summed E-state index contributed by atoms with van der Waals surface area (Å²) in [7, 11) is 3.07. The molecule has 1 N–H and O–H groups in total. The third-order valence-electron chi connectivity index (χ3n) is 2.69. The molecule has 5 nitrogen and oxygen atoms in total. The van der Waals surface area contributed by atoms with E-state index in [1.165, 1.54) is 13.2 Å². The summed E-state index contributed by atoms with van der Waals surface area (Å²) in [5.74, 6) is 0. The normalized spacial score (nSPS) is 11.4. The van der Waals surface area contributed by atoms with Gasteiger partial charge in [0.15, 0.2) is 0 Å². The molecule has 0 atom stereocenters. The van der Waals surface area contributed by atoms with E-state index in [1.54, 1.807) is 24.1 Å². The highest BCUT2D eigenvalue weighted by molar-refractivity contribution is 5.85. The Morgan fingerprint density at radius 3 is 2.40 bits per heavy atom. The standard InChI is InChI=1S/C11H14F3N5.ClH/c1-18-7-8(4-16-18)3-15-5-9-6-17-19(2)10(9)11(12,13)14;/h4,6-7,15H,3,5H2,1-2H3;1H. The molecule has 0 aliphatic rings. The summed E-state index contributed by atoms with van der Waals surface area (Å²) in [6, 6.07) is 0. The second-order valence-electron chi connectivity index (χ2n) is 4.27. The lowest BCUT2D eigenvalue weighted by Crippen LogP contribution is -2.18. The van der Waals surface area contributed by atoms with Crippen molar-refractivity contribution in [1.82, 2.24) is 24.9 Å².